The van der Waals surface area contributed by atoms with Gasteiger partial charge in [-0.3, -0.25) is 4.79 Å². The van der Waals surface area contributed by atoms with Crippen LogP contribution < -0.4 is 0 Å². The van der Waals surface area contributed by atoms with E-state index >= 15 is 0 Å². The molecule has 0 unspecified atom stereocenters. The lowest BCUT2D eigenvalue weighted by atomic mass is 9.98. The van der Waals surface area contributed by atoms with E-state index in [4.69, 9.17) is 11.6 Å². The number of thiophene rings is 1. The Morgan fingerprint density at radius 1 is 1.12 bits per heavy atom. The summed E-state index contributed by atoms with van der Waals surface area (Å²) in [7, 11) is 0. The van der Waals surface area contributed by atoms with Gasteiger partial charge in [0.2, 0.25) is 0 Å². The number of benzene rings is 2. The summed E-state index contributed by atoms with van der Waals surface area (Å²) < 4.78 is 0.727. The van der Waals surface area contributed by atoms with Crippen LogP contribution in [0.1, 0.15) is 10.4 Å². The van der Waals surface area contributed by atoms with E-state index in [0.717, 1.165) is 25.5 Å². The van der Waals surface area contributed by atoms with Gasteiger partial charge in [-0.05, 0) is 34.5 Å². The predicted octanol–water partition coefficient (Wildman–Crippen LogP) is 3.65. The van der Waals surface area contributed by atoms with Gasteiger partial charge in [0.1, 0.15) is 0 Å². The van der Waals surface area contributed by atoms with Crippen LogP contribution in [0.3, 0.4) is 0 Å². The molecule has 134 valence electrons. The van der Waals surface area contributed by atoms with Crippen molar-refractivity contribution in [1.82, 2.24) is 4.90 Å². The number of halogens is 1. The van der Waals surface area contributed by atoms with Crippen LogP contribution in [-0.4, -0.2) is 46.8 Å². The Balaban J connectivity index is 1.76. The summed E-state index contributed by atoms with van der Waals surface area (Å²) in [5.41, 5.74) is 1.65. The van der Waals surface area contributed by atoms with Gasteiger partial charge in [-0.15, -0.1) is 11.3 Å². The van der Waals surface area contributed by atoms with Gasteiger partial charge < -0.3 is 15.1 Å². The van der Waals surface area contributed by atoms with Crippen molar-refractivity contribution in [3.63, 3.8) is 0 Å². The second kappa shape index (κ2) is 7.00. The highest BCUT2D eigenvalue weighted by atomic mass is 35.5. The molecule has 6 heteroatoms. The Kier molecular flexibility index (Phi) is 4.71. The van der Waals surface area contributed by atoms with Gasteiger partial charge in [-0.2, -0.15) is 0 Å². The molecule has 0 saturated carbocycles. The third-order valence-corrected chi connectivity index (χ3v) is 6.18. The lowest BCUT2D eigenvalue weighted by Crippen LogP contribution is -2.29. The smallest absolute Gasteiger partial charge is 0.254 e. The first-order valence-electron chi connectivity index (χ1n) is 8.44. The summed E-state index contributed by atoms with van der Waals surface area (Å²) in [4.78, 5) is 15.7. The van der Waals surface area contributed by atoms with Crippen LogP contribution in [0.4, 0.5) is 0 Å². The number of nitrogens with zero attached hydrogens (tertiary/aromatic N) is 1. The Morgan fingerprint density at radius 2 is 1.88 bits per heavy atom. The van der Waals surface area contributed by atoms with E-state index in [1.165, 1.54) is 11.3 Å². The third kappa shape index (κ3) is 3.01. The van der Waals surface area contributed by atoms with Crippen LogP contribution in [-0.2, 0) is 0 Å². The number of β-amino-alcohol motifs (C(OH)–C–C–N with tert-alkyl or cyclic N) is 1. The van der Waals surface area contributed by atoms with Gasteiger partial charge >= 0.3 is 0 Å². The van der Waals surface area contributed by atoms with Gasteiger partial charge in [0.15, 0.2) is 0 Å². The van der Waals surface area contributed by atoms with E-state index < -0.39 is 6.10 Å². The van der Waals surface area contributed by atoms with E-state index in [-0.39, 0.29) is 25.0 Å². The minimum absolute atomic E-state index is 0.119. The summed E-state index contributed by atoms with van der Waals surface area (Å²) in [6.07, 6.45) is -0.678. The highest BCUT2D eigenvalue weighted by Gasteiger charge is 2.34. The predicted molar refractivity (Wildman–Crippen MR) is 105 cm³/mol. The lowest BCUT2D eigenvalue weighted by molar-refractivity contribution is 0.0765. The van der Waals surface area contributed by atoms with Crippen molar-refractivity contribution in [2.75, 3.05) is 19.7 Å². The third-order valence-electron chi connectivity index (χ3n) is 4.92. The fraction of sp³-hybridized carbons (Fsp3) is 0.250. The van der Waals surface area contributed by atoms with Crippen LogP contribution in [0.2, 0.25) is 4.34 Å². The molecule has 1 amide bonds. The lowest BCUT2D eigenvalue weighted by Gasteiger charge is -2.17. The number of fused-ring (bicyclic) bond motifs is 1. The zero-order valence-electron chi connectivity index (χ0n) is 13.9. The van der Waals surface area contributed by atoms with Crippen LogP contribution in [0, 0.1) is 5.92 Å². The SMILES string of the molecule is O=C(c1cccc2c(-c3ccc(Cl)s3)cccc12)N1C[C@H](CO)[C@@H](O)C1. The fourth-order valence-electron chi connectivity index (χ4n) is 3.54. The number of hydrogen-bond donors (Lipinski definition) is 2. The van der Waals surface area contributed by atoms with Crippen molar-refractivity contribution in [2.24, 2.45) is 5.92 Å². The molecule has 0 bridgehead atoms. The number of amides is 1. The molecular formula is C20H18ClNO3S. The molecule has 3 aromatic rings. The molecular weight excluding hydrogens is 370 g/mol. The maximum absolute atomic E-state index is 13.0. The number of aliphatic hydroxyl groups excluding tert-OH is 2. The summed E-state index contributed by atoms with van der Waals surface area (Å²) in [5.74, 6) is -0.398. The molecule has 2 heterocycles. The summed E-state index contributed by atoms with van der Waals surface area (Å²) in [6, 6.07) is 15.5. The monoisotopic (exact) mass is 387 g/mol. The molecule has 2 N–H and O–H groups in total. The second-order valence-corrected chi connectivity index (χ2v) is 8.25. The molecule has 26 heavy (non-hydrogen) atoms. The Hall–Kier alpha value is -1.92. The number of rotatable bonds is 3. The number of hydrogen-bond acceptors (Lipinski definition) is 4. The van der Waals surface area contributed by atoms with Gasteiger partial charge in [0.25, 0.3) is 5.91 Å². The van der Waals surface area contributed by atoms with Crippen molar-refractivity contribution in [3.05, 3.63) is 58.4 Å². The second-order valence-electron chi connectivity index (χ2n) is 6.53. The molecule has 0 radical (unpaired) electrons. The van der Waals surface area contributed by atoms with Gasteiger partial charge in [-0.1, -0.05) is 41.9 Å². The average molecular weight is 388 g/mol. The van der Waals surface area contributed by atoms with Crippen molar-refractivity contribution in [3.8, 4) is 10.4 Å². The van der Waals surface area contributed by atoms with Crippen LogP contribution in [0.5, 0.6) is 0 Å². The maximum Gasteiger partial charge on any atom is 0.254 e. The van der Waals surface area contributed by atoms with Gasteiger partial charge in [0, 0.05) is 29.4 Å². The van der Waals surface area contributed by atoms with Crippen LogP contribution >= 0.6 is 22.9 Å². The number of carbonyl (C=O) groups is 1. The van der Waals surface area contributed by atoms with Crippen LogP contribution in [0.15, 0.2) is 48.5 Å². The van der Waals surface area contributed by atoms with Crippen molar-refractivity contribution in [2.45, 2.75) is 6.10 Å². The highest BCUT2D eigenvalue weighted by molar-refractivity contribution is 7.19. The molecule has 0 spiro atoms. The minimum Gasteiger partial charge on any atom is -0.396 e. The molecule has 2 aromatic carbocycles. The molecule has 1 aliphatic heterocycles. The minimum atomic E-state index is -0.678. The van der Waals surface area contributed by atoms with Crippen molar-refractivity contribution >= 4 is 39.6 Å². The average Bonchev–Trinajstić information content (AvgIpc) is 3.25. The number of carbonyl (C=O) groups excluding carboxylic acids is 1. The van der Waals surface area contributed by atoms with E-state index in [1.54, 1.807) is 4.90 Å². The summed E-state index contributed by atoms with van der Waals surface area (Å²) in [6.45, 7) is 0.498. The zero-order chi connectivity index (χ0) is 18.3. The Bertz CT molecular complexity index is 971. The molecule has 4 nitrogen and oxygen atoms in total. The number of aliphatic hydroxyl groups is 2. The summed E-state index contributed by atoms with van der Waals surface area (Å²) in [5, 5.41) is 21.2. The Morgan fingerprint density at radius 3 is 2.58 bits per heavy atom. The fourth-order valence-corrected chi connectivity index (χ4v) is 4.62. The van der Waals surface area contributed by atoms with Crippen molar-refractivity contribution in [1.29, 1.82) is 0 Å². The standard InChI is InChI=1S/C20H18ClNO3S/c21-19-8-7-18(26-19)15-5-1-4-14-13(15)3-2-6-16(14)20(25)22-9-12(11-23)17(24)10-22/h1-8,12,17,23-24H,9-11H2/t12-,17+/m1/s1. The van der Waals surface area contributed by atoms with Crippen molar-refractivity contribution < 1.29 is 15.0 Å². The van der Waals surface area contributed by atoms with E-state index in [9.17, 15) is 15.0 Å². The quantitative estimate of drug-likeness (QED) is 0.721. The largest absolute Gasteiger partial charge is 0.396 e. The first-order valence-corrected chi connectivity index (χ1v) is 9.63. The van der Waals surface area contributed by atoms with Crippen LogP contribution in [0.25, 0.3) is 21.2 Å². The zero-order valence-corrected chi connectivity index (χ0v) is 15.5. The molecule has 2 atom stereocenters. The normalized spacial score (nSPS) is 20.0. The maximum atomic E-state index is 13.0. The first kappa shape index (κ1) is 17.5. The Labute approximate surface area is 160 Å². The topological polar surface area (TPSA) is 60.8 Å². The van der Waals surface area contributed by atoms with E-state index in [2.05, 4.69) is 0 Å². The molecule has 1 aliphatic rings. The van der Waals surface area contributed by atoms with Gasteiger partial charge in [-0.25, -0.2) is 0 Å². The first-order chi connectivity index (χ1) is 12.6. The van der Waals surface area contributed by atoms with Gasteiger partial charge in [0.05, 0.1) is 17.0 Å². The molecule has 1 fully saturated rings. The molecule has 1 aromatic heterocycles. The molecule has 1 saturated heterocycles. The molecule has 4 rings (SSSR count). The molecule has 0 aliphatic carbocycles. The van der Waals surface area contributed by atoms with E-state index in [1.807, 2.05) is 48.5 Å². The summed E-state index contributed by atoms with van der Waals surface area (Å²) >= 11 is 7.59. The highest BCUT2D eigenvalue weighted by Crippen LogP contribution is 2.36. The van der Waals surface area contributed by atoms with E-state index in [0.29, 0.717) is 12.1 Å². The number of likely N-dealkylation sites (tertiary alicyclic amines) is 1.